The van der Waals surface area contributed by atoms with Crippen molar-refractivity contribution >= 4 is 38.4 Å². The Balaban J connectivity index is 1.96. The summed E-state index contributed by atoms with van der Waals surface area (Å²) < 4.78 is 13.8. The van der Waals surface area contributed by atoms with Gasteiger partial charge in [0.15, 0.2) is 0 Å². The molecular weight excluding hydrogens is 325 g/mol. The lowest BCUT2D eigenvalue weighted by molar-refractivity contribution is 0.102. The topological polar surface area (TPSA) is 57.8 Å². The predicted octanol–water partition coefficient (Wildman–Crippen LogP) is 3.72. The highest BCUT2D eigenvalue weighted by Crippen LogP contribution is 2.24. The number of H-pyrrole nitrogens is 1. The van der Waals surface area contributed by atoms with E-state index in [2.05, 4.69) is 31.4 Å². The molecule has 1 aromatic heterocycles. The lowest BCUT2D eigenvalue weighted by Gasteiger charge is -2.08. The van der Waals surface area contributed by atoms with E-state index in [0.29, 0.717) is 10.2 Å². The van der Waals surface area contributed by atoms with Crippen LogP contribution in [0.25, 0.3) is 10.9 Å². The van der Waals surface area contributed by atoms with Crippen molar-refractivity contribution in [3.05, 3.63) is 58.4 Å². The van der Waals surface area contributed by atoms with Crippen LogP contribution in [0.5, 0.6) is 0 Å². The van der Waals surface area contributed by atoms with Gasteiger partial charge < -0.3 is 5.32 Å². The van der Waals surface area contributed by atoms with Gasteiger partial charge in [0.05, 0.1) is 23.0 Å². The number of halogens is 2. The first-order chi connectivity index (χ1) is 9.65. The molecule has 0 unspecified atom stereocenters. The van der Waals surface area contributed by atoms with E-state index in [0.717, 1.165) is 10.9 Å². The Hall–Kier alpha value is -2.21. The Morgan fingerprint density at radius 1 is 1.30 bits per heavy atom. The summed E-state index contributed by atoms with van der Waals surface area (Å²) in [5.74, 6) is -0.843. The highest BCUT2D eigenvalue weighted by molar-refractivity contribution is 9.10. The molecule has 100 valence electrons. The summed E-state index contributed by atoms with van der Waals surface area (Å²) in [5.41, 5.74) is 1.68. The van der Waals surface area contributed by atoms with Crippen LogP contribution < -0.4 is 5.32 Å². The van der Waals surface area contributed by atoms with Crippen LogP contribution in [0.15, 0.2) is 47.1 Å². The molecule has 0 aliphatic heterocycles. The molecule has 0 fully saturated rings. The number of carbonyl (C=O) groups is 1. The van der Waals surface area contributed by atoms with Crippen molar-refractivity contribution in [2.75, 3.05) is 5.32 Å². The average molecular weight is 334 g/mol. The van der Waals surface area contributed by atoms with Crippen LogP contribution in [0.3, 0.4) is 0 Å². The summed E-state index contributed by atoms with van der Waals surface area (Å²) in [7, 11) is 0. The third-order valence-electron chi connectivity index (χ3n) is 2.91. The van der Waals surface area contributed by atoms with Crippen molar-refractivity contribution in [2.45, 2.75) is 0 Å². The molecule has 0 spiro atoms. The quantitative estimate of drug-likeness (QED) is 0.750. The maximum Gasteiger partial charge on any atom is 0.256 e. The summed E-state index contributed by atoms with van der Waals surface area (Å²) in [6, 6.07) is 9.41. The SMILES string of the molecule is O=C(Nc1cccc2[nH]ncc12)c1cc(F)ccc1Br. The zero-order valence-electron chi connectivity index (χ0n) is 10.2. The molecule has 1 heterocycles. The third kappa shape index (κ3) is 2.30. The number of amides is 1. The van der Waals surface area contributed by atoms with Gasteiger partial charge in [-0.25, -0.2) is 4.39 Å². The highest BCUT2D eigenvalue weighted by Gasteiger charge is 2.13. The monoisotopic (exact) mass is 333 g/mol. The van der Waals surface area contributed by atoms with Gasteiger partial charge >= 0.3 is 0 Å². The zero-order chi connectivity index (χ0) is 14.1. The summed E-state index contributed by atoms with van der Waals surface area (Å²) in [4.78, 5) is 12.2. The molecule has 0 atom stereocenters. The Morgan fingerprint density at radius 2 is 2.15 bits per heavy atom. The van der Waals surface area contributed by atoms with Crippen LogP contribution in [-0.2, 0) is 0 Å². The van der Waals surface area contributed by atoms with E-state index in [9.17, 15) is 9.18 Å². The number of fused-ring (bicyclic) bond motifs is 1. The zero-order valence-corrected chi connectivity index (χ0v) is 11.7. The fourth-order valence-corrected chi connectivity index (χ4v) is 2.36. The standard InChI is InChI=1S/C14H9BrFN3O/c15-11-5-4-8(16)6-9(11)14(20)18-12-2-1-3-13-10(12)7-17-19-13/h1-7H,(H,17,19)(H,18,20). The Labute approximate surface area is 122 Å². The molecule has 0 bridgehead atoms. The molecule has 0 radical (unpaired) electrons. The van der Waals surface area contributed by atoms with Crippen LogP contribution in [0, 0.1) is 5.82 Å². The van der Waals surface area contributed by atoms with Gasteiger partial charge in [-0.05, 0) is 46.3 Å². The number of benzene rings is 2. The molecular formula is C14H9BrFN3O. The van der Waals surface area contributed by atoms with Crippen LogP contribution in [0.1, 0.15) is 10.4 Å². The minimum Gasteiger partial charge on any atom is -0.321 e. The van der Waals surface area contributed by atoms with Gasteiger partial charge in [0, 0.05) is 9.86 Å². The van der Waals surface area contributed by atoms with Gasteiger partial charge in [-0.1, -0.05) is 6.07 Å². The van der Waals surface area contributed by atoms with Crippen LogP contribution >= 0.6 is 15.9 Å². The molecule has 1 amide bonds. The molecule has 0 saturated heterocycles. The van der Waals surface area contributed by atoms with Gasteiger partial charge in [0.2, 0.25) is 0 Å². The summed E-state index contributed by atoms with van der Waals surface area (Å²) in [6.07, 6.45) is 1.63. The number of nitrogens with zero attached hydrogens (tertiary/aromatic N) is 1. The van der Waals surface area contributed by atoms with Gasteiger partial charge in [-0.15, -0.1) is 0 Å². The largest absolute Gasteiger partial charge is 0.321 e. The highest BCUT2D eigenvalue weighted by atomic mass is 79.9. The second-order valence-electron chi connectivity index (χ2n) is 4.22. The number of hydrogen-bond acceptors (Lipinski definition) is 2. The second-order valence-corrected chi connectivity index (χ2v) is 5.07. The minimum atomic E-state index is -0.458. The van der Waals surface area contributed by atoms with Crippen LogP contribution in [0.4, 0.5) is 10.1 Å². The number of rotatable bonds is 2. The fourth-order valence-electron chi connectivity index (χ4n) is 1.94. The number of aromatic amines is 1. The smallest absolute Gasteiger partial charge is 0.256 e. The van der Waals surface area contributed by atoms with Gasteiger partial charge in [0.25, 0.3) is 5.91 Å². The van der Waals surface area contributed by atoms with Crippen molar-refractivity contribution in [3.63, 3.8) is 0 Å². The average Bonchev–Trinajstić information content (AvgIpc) is 2.91. The fraction of sp³-hybridized carbons (Fsp3) is 0. The first-order valence-corrected chi connectivity index (χ1v) is 6.63. The second kappa shape index (κ2) is 5.05. The number of anilines is 1. The number of hydrogen-bond donors (Lipinski definition) is 2. The van der Waals surface area contributed by atoms with Crippen molar-refractivity contribution < 1.29 is 9.18 Å². The van der Waals surface area contributed by atoms with Crippen molar-refractivity contribution in [1.82, 2.24) is 10.2 Å². The van der Waals surface area contributed by atoms with E-state index >= 15 is 0 Å². The van der Waals surface area contributed by atoms with Crippen molar-refractivity contribution in [3.8, 4) is 0 Å². The lowest BCUT2D eigenvalue weighted by Crippen LogP contribution is -2.13. The maximum absolute atomic E-state index is 13.2. The van der Waals surface area contributed by atoms with E-state index in [1.54, 1.807) is 18.3 Å². The number of carbonyl (C=O) groups excluding carboxylic acids is 1. The van der Waals surface area contributed by atoms with E-state index in [4.69, 9.17) is 0 Å². The van der Waals surface area contributed by atoms with Crippen LogP contribution in [0.2, 0.25) is 0 Å². The normalized spacial score (nSPS) is 10.7. The Morgan fingerprint density at radius 3 is 3.00 bits per heavy atom. The first kappa shape index (κ1) is 12.8. The molecule has 0 aliphatic carbocycles. The molecule has 2 aromatic carbocycles. The molecule has 3 aromatic rings. The van der Waals surface area contributed by atoms with E-state index < -0.39 is 5.82 Å². The Bertz CT molecular complexity index is 800. The third-order valence-corrected chi connectivity index (χ3v) is 3.60. The van der Waals surface area contributed by atoms with Crippen molar-refractivity contribution in [1.29, 1.82) is 0 Å². The minimum absolute atomic E-state index is 0.241. The lowest BCUT2D eigenvalue weighted by atomic mass is 10.2. The van der Waals surface area contributed by atoms with Gasteiger partial charge in [0.1, 0.15) is 5.82 Å². The van der Waals surface area contributed by atoms with E-state index in [-0.39, 0.29) is 11.5 Å². The molecule has 4 nitrogen and oxygen atoms in total. The predicted molar refractivity (Wildman–Crippen MR) is 78.1 cm³/mol. The number of nitrogens with one attached hydrogen (secondary N) is 2. The molecule has 2 N–H and O–H groups in total. The summed E-state index contributed by atoms with van der Waals surface area (Å²) >= 11 is 3.24. The van der Waals surface area contributed by atoms with Crippen LogP contribution in [-0.4, -0.2) is 16.1 Å². The van der Waals surface area contributed by atoms with Gasteiger partial charge in [-0.2, -0.15) is 5.10 Å². The van der Waals surface area contributed by atoms with Gasteiger partial charge in [-0.3, -0.25) is 9.89 Å². The molecule has 20 heavy (non-hydrogen) atoms. The summed E-state index contributed by atoms with van der Waals surface area (Å²) in [6.45, 7) is 0. The number of aromatic nitrogens is 2. The molecule has 0 aliphatic rings. The van der Waals surface area contributed by atoms with E-state index in [1.807, 2.05) is 6.07 Å². The molecule has 0 saturated carbocycles. The van der Waals surface area contributed by atoms with E-state index in [1.165, 1.54) is 18.2 Å². The maximum atomic E-state index is 13.2. The Kier molecular flexibility index (Phi) is 3.23. The molecule has 6 heteroatoms. The first-order valence-electron chi connectivity index (χ1n) is 5.83. The summed E-state index contributed by atoms with van der Waals surface area (Å²) in [5, 5.41) is 10.3. The molecule has 3 rings (SSSR count). The van der Waals surface area contributed by atoms with Crippen molar-refractivity contribution in [2.24, 2.45) is 0 Å².